The Morgan fingerprint density at radius 2 is 1.76 bits per heavy atom. The molecule has 0 atom stereocenters. The van der Waals surface area contributed by atoms with Gasteiger partial charge in [0.2, 0.25) is 0 Å². The number of hydrogen-bond acceptors (Lipinski definition) is 3. The van der Waals surface area contributed by atoms with Gasteiger partial charge in [0.25, 0.3) is 0 Å². The number of hydrogen-bond donors (Lipinski definition) is 1. The van der Waals surface area contributed by atoms with E-state index >= 15 is 0 Å². The molecule has 0 saturated carbocycles. The molecule has 0 spiro atoms. The molecule has 0 bridgehead atoms. The maximum Gasteiger partial charge on any atom is 0.168 e. The summed E-state index contributed by atoms with van der Waals surface area (Å²) >= 11 is 0. The van der Waals surface area contributed by atoms with Crippen LogP contribution in [0, 0.1) is 6.92 Å². The summed E-state index contributed by atoms with van der Waals surface area (Å²) < 4.78 is 2.03. The number of nitrogens with two attached hydrogens (primary N) is 1. The van der Waals surface area contributed by atoms with Crippen molar-refractivity contribution in [3.05, 3.63) is 48.2 Å². The topological polar surface area (TPSA) is 56.2 Å². The van der Waals surface area contributed by atoms with E-state index in [0.29, 0.717) is 0 Å². The standard InChI is InChI=1S/C13H12N4/c1-9-3-2-4-12-15-16-13(17(9)12)10-5-7-11(14)8-6-10/h2-8H,14H2,1H3. The van der Waals surface area contributed by atoms with Crippen LogP contribution in [0.5, 0.6) is 0 Å². The molecule has 0 fully saturated rings. The smallest absolute Gasteiger partial charge is 0.168 e. The number of benzene rings is 1. The molecule has 2 heterocycles. The Bertz CT molecular complexity index is 667. The van der Waals surface area contributed by atoms with Crippen molar-refractivity contribution in [3.8, 4) is 11.4 Å². The van der Waals surface area contributed by atoms with Crippen LogP contribution < -0.4 is 5.73 Å². The Morgan fingerprint density at radius 3 is 2.53 bits per heavy atom. The minimum Gasteiger partial charge on any atom is -0.399 e. The van der Waals surface area contributed by atoms with E-state index in [2.05, 4.69) is 10.2 Å². The first-order chi connectivity index (χ1) is 8.25. The third kappa shape index (κ3) is 1.54. The fraction of sp³-hybridized carbons (Fsp3) is 0.0769. The number of aromatic nitrogens is 3. The SMILES string of the molecule is Cc1cccc2nnc(-c3ccc(N)cc3)n12. The average Bonchev–Trinajstić information content (AvgIpc) is 2.75. The fourth-order valence-electron chi connectivity index (χ4n) is 1.92. The summed E-state index contributed by atoms with van der Waals surface area (Å²) in [5, 5.41) is 8.39. The molecule has 2 aromatic heterocycles. The second kappa shape index (κ2) is 3.59. The van der Waals surface area contributed by atoms with Crippen molar-refractivity contribution in [1.82, 2.24) is 14.6 Å². The summed E-state index contributed by atoms with van der Waals surface area (Å²) in [6.45, 7) is 2.04. The van der Waals surface area contributed by atoms with Gasteiger partial charge in [-0.05, 0) is 43.3 Å². The summed E-state index contributed by atoms with van der Waals surface area (Å²) in [6, 6.07) is 13.6. The summed E-state index contributed by atoms with van der Waals surface area (Å²) in [4.78, 5) is 0. The van der Waals surface area contributed by atoms with Crippen molar-refractivity contribution >= 4 is 11.3 Å². The highest BCUT2D eigenvalue weighted by Crippen LogP contribution is 2.20. The molecular weight excluding hydrogens is 212 g/mol. The summed E-state index contributed by atoms with van der Waals surface area (Å²) in [5.41, 5.74) is 9.41. The molecule has 0 aliphatic rings. The first kappa shape index (κ1) is 9.84. The number of nitrogen functional groups attached to an aromatic ring is 1. The molecule has 3 aromatic rings. The molecule has 84 valence electrons. The van der Waals surface area contributed by atoms with Gasteiger partial charge in [-0.2, -0.15) is 0 Å². The highest BCUT2D eigenvalue weighted by atomic mass is 15.2. The lowest BCUT2D eigenvalue weighted by Gasteiger charge is -2.03. The number of anilines is 1. The van der Waals surface area contributed by atoms with Crippen LogP contribution >= 0.6 is 0 Å². The van der Waals surface area contributed by atoms with Crippen molar-refractivity contribution < 1.29 is 0 Å². The summed E-state index contributed by atoms with van der Waals surface area (Å²) in [7, 11) is 0. The van der Waals surface area contributed by atoms with Gasteiger partial charge < -0.3 is 5.73 Å². The third-order valence-corrected chi connectivity index (χ3v) is 2.79. The van der Waals surface area contributed by atoms with E-state index in [1.807, 2.05) is 53.8 Å². The lowest BCUT2D eigenvalue weighted by molar-refractivity contribution is 1.08. The predicted octanol–water partition coefficient (Wildman–Crippen LogP) is 2.29. The van der Waals surface area contributed by atoms with E-state index in [4.69, 9.17) is 5.73 Å². The first-order valence-corrected chi connectivity index (χ1v) is 5.42. The van der Waals surface area contributed by atoms with Crippen LogP contribution in [0.15, 0.2) is 42.5 Å². The number of rotatable bonds is 1. The Balaban J connectivity index is 2.27. The molecule has 0 saturated heterocycles. The minimum absolute atomic E-state index is 0.749. The van der Waals surface area contributed by atoms with Crippen LogP contribution in [0.25, 0.3) is 17.0 Å². The normalized spacial score (nSPS) is 10.9. The van der Waals surface area contributed by atoms with Crippen molar-refractivity contribution in [2.24, 2.45) is 0 Å². The van der Waals surface area contributed by atoms with Gasteiger partial charge in [-0.1, -0.05) is 6.07 Å². The molecule has 0 amide bonds. The monoisotopic (exact) mass is 224 g/mol. The maximum atomic E-state index is 5.68. The number of fused-ring (bicyclic) bond motifs is 1. The Morgan fingerprint density at radius 1 is 1.00 bits per heavy atom. The highest BCUT2D eigenvalue weighted by molar-refractivity contribution is 5.62. The van der Waals surface area contributed by atoms with E-state index in [9.17, 15) is 0 Å². The van der Waals surface area contributed by atoms with Crippen LogP contribution in [0.1, 0.15) is 5.69 Å². The van der Waals surface area contributed by atoms with Crippen LogP contribution in [0.2, 0.25) is 0 Å². The van der Waals surface area contributed by atoms with Gasteiger partial charge in [0.1, 0.15) is 0 Å². The largest absolute Gasteiger partial charge is 0.399 e. The summed E-state index contributed by atoms with van der Waals surface area (Å²) in [6.07, 6.45) is 0. The lowest BCUT2D eigenvalue weighted by atomic mass is 10.2. The molecule has 1 aromatic carbocycles. The van der Waals surface area contributed by atoms with Crippen molar-refractivity contribution in [2.45, 2.75) is 6.92 Å². The predicted molar refractivity (Wildman–Crippen MR) is 67.6 cm³/mol. The van der Waals surface area contributed by atoms with Gasteiger partial charge in [0.05, 0.1) is 0 Å². The first-order valence-electron chi connectivity index (χ1n) is 5.42. The van der Waals surface area contributed by atoms with E-state index < -0.39 is 0 Å². The Hall–Kier alpha value is -2.36. The Kier molecular flexibility index (Phi) is 2.08. The van der Waals surface area contributed by atoms with E-state index in [1.54, 1.807) is 0 Å². The van der Waals surface area contributed by atoms with Crippen molar-refractivity contribution in [1.29, 1.82) is 0 Å². The summed E-state index contributed by atoms with van der Waals surface area (Å²) in [5.74, 6) is 0.845. The number of pyridine rings is 1. The molecule has 4 nitrogen and oxygen atoms in total. The molecule has 0 aliphatic carbocycles. The van der Waals surface area contributed by atoms with Gasteiger partial charge in [-0.15, -0.1) is 10.2 Å². The van der Waals surface area contributed by atoms with E-state index in [0.717, 1.165) is 28.4 Å². The number of nitrogens with zero attached hydrogens (tertiary/aromatic N) is 3. The Labute approximate surface area is 98.7 Å². The molecule has 0 unspecified atom stereocenters. The lowest BCUT2D eigenvalue weighted by Crippen LogP contribution is -1.94. The third-order valence-electron chi connectivity index (χ3n) is 2.79. The highest BCUT2D eigenvalue weighted by Gasteiger charge is 2.08. The molecule has 0 radical (unpaired) electrons. The average molecular weight is 224 g/mol. The van der Waals surface area contributed by atoms with Gasteiger partial charge in [0.15, 0.2) is 11.5 Å². The quantitative estimate of drug-likeness (QED) is 0.645. The molecule has 3 rings (SSSR count). The van der Waals surface area contributed by atoms with E-state index in [-0.39, 0.29) is 0 Å². The zero-order valence-corrected chi connectivity index (χ0v) is 9.46. The molecule has 17 heavy (non-hydrogen) atoms. The maximum absolute atomic E-state index is 5.68. The zero-order chi connectivity index (χ0) is 11.8. The van der Waals surface area contributed by atoms with Gasteiger partial charge in [-0.3, -0.25) is 4.40 Å². The van der Waals surface area contributed by atoms with Crippen LogP contribution in [-0.2, 0) is 0 Å². The fourth-order valence-corrected chi connectivity index (χ4v) is 1.92. The number of aryl methyl sites for hydroxylation is 1. The van der Waals surface area contributed by atoms with Crippen LogP contribution in [0.3, 0.4) is 0 Å². The van der Waals surface area contributed by atoms with Crippen LogP contribution in [-0.4, -0.2) is 14.6 Å². The second-order valence-corrected chi connectivity index (χ2v) is 4.01. The zero-order valence-electron chi connectivity index (χ0n) is 9.46. The van der Waals surface area contributed by atoms with Gasteiger partial charge in [-0.25, -0.2) is 0 Å². The van der Waals surface area contributed by atoms with Crippen molar-refractivity contribution in [3.63, 3.8) is 0 Å². The van der Waals surface area contributed by atoms with Gasteiger partial charge >= 0.3 is 0 Å². The molecular formula is C13H12N4. The molecule has 2 N–H and O–H groups in total. The molecule has 0 aliphatic heterocycles. The van der Waals surface area contributed by atoms with E-state index in [1.165, 1.54) is 0 Å². The van der Waals surface area contributed by atoms with Gasteiger partial charge in [0, 0.05) is 16.9 Å². The minimum atomic E-state index is 0.749. The van der Waals surface area contributed by atoms with Crippen molar-refractivity contribution in [2.75, 3.05) is 5.73 Å². The second-order valence-electron chi connectivity index (χ2n) is 4.01. The van der Waals surface area contributed by atoms with Crippen LogP contribution in [0.4, 0.5) is 5.69 Å². The molecule has 4 heteroatoms.